The molecule has 0 aromatic heterocycles. The zero-order valence-corrected chi connectivity index (χ0v) is 10.3. The van der Waals surface area contributed by atoms with Gasteiger partial charge in [0.2, 0.25) is 0 Å². The van der Waals surface area contributed by atoms with Gasteiger partial charge in [0.05, 0.1) is 12.1 Å². The molecule has 0 saturated carbocycles. The molecule has 0 aliphatic heterocycles. The monoisotopic (exact) mass is 284 g/mol. The molecule has 0 fully saturated rings. The maximum absolute atomic E-state index is 13.6. The highest BCUT2D eigenvalue weighted by molar-refractivity contribution is 5.29. The van der Waals surface area contributed by atoms with Crippen LogP contribution in [0.1, 0.15) is 23.2 Å². The van der Waals surface area contributed by atoms with Gasteiger partial charge in [-0.25, -0.2) is 17.6 Å². The van der Waals surface area contributed by atoms with E-state index in [4.69, 9.17) is 11.5 Å². The molecule has 2 aromatic carbocycles. The maximum Gasteiger partial charge on any atom is 0.163 e. The van der Waals surface area contributed by atoms with E-state index in [-0.39, 0.29) is 11.1 Å². The van der Waals surface area contributed by atoms with Crippen molar-refractivity contribution < 1.29 is 17.6 Å². The first-order valence-electron chi connectivity index (χ1n) is 5.82. The fraction of sp³-hybridized carbons (Fsp3) is 0.143. The summed E-state index contributed by atoms with van der Waals surface area (Å²) in [5.74, 6) is -4.45. The van der Waals surface area contributed by atoms with Gasteiger partial charge in [0.25, 0.3) is 0 Å². The van der Waals surface area contributed by atoms with E-state index < -0.39 is 35.4 Å². The Bertz CT molecular complexity index is 575. The van der Waals surface area contributed by atoms with Gasteiger partial charge in [-0.2, -0.15) is 0 Å². The molecule has 2 unspecified atom stereocenters. The first-order valence-corrected chi connectivity index (χ1v) is 5.82. The van der Waals surface area contributed by atoms with Crippen molar-refractivity contribution in [2.45, 2.75) is 12.1 Å². The molecular formula is C14H12F4N2. The summed E-state index contributed by atoms with van der Waals surface area (Å²) in [6, 6.07) is 4.48. The second kappa shape index (κ2) is 5.60. The van der Waals surface area contributed by atoms with Crippen LogP contribution in [0.5, 0.6) is 0 Å². The number of nitrogens with two attached hydrogens (primary N) is 2. The molecular weight excluding hydrogens is 272 g/mol. The molecule has 0 bridgehead atoms. The van der Waals surface area contributed by atoms with E-state index in [1.54, 1.807) is 0 Å². The normalized spacial score (nSPS) is 14.1. The van der Waals surface area contributed by atoms with Gasteiger partial charge in [0, 0.05) is 11.1 Å². The molecule has 0 aliphatic rings. The number of halogens is 4. The minimum Gasteiger partial charge on any atom is -0.322 e. The lowest BCUT2D eigenvalue weighted by Crippen LogP contribution is -2.28. The lowest BCUT2D eigenvalue weighted by molar-refractivity contribution is 0.451. The number of hydrogen-bond acceptors (Lipinski definition) is 2. The smallest absolute Gasteiger partial charge is 0.163 e. The van der Waals surface area contributed by atoms with Gasteiger partial charge in [0.15, 0.2) is 23.3 Å². The molecule has 4 N–H and O–H groups in total. The molecule has 0 aliphatic carbocycles. The third kappa shape index (κ3) is 2.52. The molecule has 0 radical (unpaired) electrons. The van der Waals surface area contributed by atoms with Crippen LogP contribution in [0.4, 0.5) is 17.6 Å². The maximum atomic E-state index is 13.6. The molecule has 6 heteroatoms. The van der Waals surface area contributed by atoms with E-state index in [0.717, 1.165) is 12.1 Å². The Morgan fingerprint density at radius 3 is 1.35 bits per heavy atom. The minimum atomic E-state index is -1.21. The standard InChI is InChI=1S/C14H12F4N2/c15-9-5-1-3-7(11(9)17)13(19)14(20)8-4-2-6-10(16)12(8)18/h1-6,13-14H,19-20H2. The highest BCUT2D eigenvalue weighted by Crippen LogP contribution is 2.29. The van der Waals surface area contributed by atoms with Crippen LogP contribution in [0.3, 0.4) is 0 Å². The highest BCUT2D eigenvalue weighted by atomic mass is 19.2. The molecule has 2 nitrogen and oxygen atoms in total. The van der Waals surface area contributed by atoms with E-state index in [2.05, 4.69) is 0 Å². The first-order chi connectivity index (χ1) is 9.43. The van der Waals surface area contributed by atoms with Gasteiger partial charge >= 0.3 is 0 Å². The largest absolute Gasteiger partial charge is 0.322 e. The van der Waals surface area contributed by atoms with E-state index in [1.165, 1.54) is 24.3 Å². The minimum absolute atomic E-state index is 0.193. The zero-order chi connectivity index (χ0) is 14.9. The van der Waals surface area contributed by atoms with Crippen LogP contribution in [-0.2, 0) is 0 Å². The Balaban J connectivity index is 2.40. The fourth-order valence-corrected chi connectivity index (χ4v) is 1.94. The molecule has 0 saturated heterocycles. The van der Waals surface area contributed by atoms with Crippen LogP contribution in [0.15, 0.2) is 36.4 Å². The highest BCUT2D eigenvalue weighted by Gasteiger charge is 2.25. The van der Waals surface area contributed by atoms with Crippen molar-refractivity contribution in [3.05, 3.63) is 70.8 Å². The van der Waals surface area contributed by atoms with Crippen LogP contribution in [0.25, 0.3) is 0 Å². The summed E-state index contributed by atoms with van der Waals surface area (Å²) in [5.41, 5.74) is 11.1. The van der Waals surface area contributed by atoms with Crippen molar-refractivity contribution in [3.63, 3.8) is 0 Å². The van der Waals surface area contributed by atoms with Gasteiger partial charge in [-0.3, -0.25) is 0 Å². The Labute approximate surface area is 113 Å². The third-order valence-corrected chi connectivity index (χ3v) is 3.07. The van der Waals surface area contributed by atoms with Crippen LogP contribution in [0.2, 0.25) is 0 Å². The Kier molecular flexibility index (Phi) is 4.06. The summed E-state index contributed by atoms with van der Waals surface area (Å²) in [6.07, 6.45) is 0. The first kappa shape index (κ1) is 14.5. The predicted octanol–water partition coefficient (Wildman–Crippen LogP) is 2.94. The van der Waals surface area contributed by atoms with Gasteiger partial charge in [-0.1, -0.05) is 24.3 Å². The van der Waals surface area contributed by atoms with Crippen LogP contribution in [-0.4, -0.2) is 0 Å². The number of hydrogen-bond donors (Lipinski definition) is 2. The van der Waals surface area contributed by atoms with Crippen LogP contribution < -0.4 is 11.5 Å². The van der Waals surface area contributed by atoms with Crippen molar-refractivity contribution >= 4 is 0 Å². The van der Waals surface area contributed by atoms with E-state index in [0.29, 0.717) is 0 Å². The third-order valence-electron chi connectivity index (χ3n) is 3.07. The van der Waals surface area contributed by atoms with E-state index >= 15 is 0 Å². The summed E-state index contributed by atoms with van der Waals surface area (Å²) in [6.45, 7) is 0. The lowest BCUT2D eigenvalue weighted by atomic mass is 9.94. The van der Waals surface area contributed by atoms with Gasteiger partial charge in [-0.05, 0) is 12.1 Å². The SMILES string of the molecule is NC(c1cccc(F)c1F)C(N)c1cccc(F)c1F. The van der Waals surface area contributed by atoms with E-state index in [9.17, 15) is 17.6 Å². The Morgan fingerprint density at radius 1 is 0.650 bits per heavy atom. The average Bonchev–Trinajstić information content (AvgIpc) is 2.43. The second-order valence-electron chi connectivity index (χ2n) is 4.34. The molecule has 2 atom stereocenters. The lowest BCUT2D eigenvalue weighted by Gasteiger charge is -2.21. The summed E-state index contributed by atoms with van der Waals surface area (Å²) in [7, 11) is 0. The Morgan fingerprint density at radius 2 is 1.00 bits per heavy atom. The molecule has 0 amide bonds. The van der Waals surface area contributed by atoms with E-state index in [1.807, 2.05) is 0 Å². The summed E-state index contributed by atoms with van der Waals surface area (Å²) < 4.78 is 53.5. The molecule has 0 heterocycles. The molecule has 2 aromatic rings. The number of benzene rings is 2. The molecule has 106 valence electrons. The van der Waals surface area contributed by atoms with Crippen molar-refractivity contribution in [3.8, 4) is 0 Å². The average molecular weight is 284 g/mol. The Hall–Kier alpha value is -1.92. The van der Waals surface area contributed by atoms with Crippen molar-refractivity contribution in [2.75, 3.05) is 0 Å². The van der Waals surface area contributed by atoms with Crippen LogP contribution >= 0.6 is 0 Å². The van der Waals surface area contributed by atoms with Crippen molar-refractivity contribution in [2.24, 2.45) is 11.5 Å². The zero-order valence-electron chi connectivity index (χ0n) is 10.3. The fourth-order valence-electron chi connectivity index (χ4n) is 1.94. The topological polar surface area (TPSA) is 52.0 Å². The number of rotatable bonds is 3. The van der Waals surface area contributed by atoms with Gasteiger partial charge in [0.1, 0.15) is 0 Å². The van der Waals surface area contributed by atoms with Gasteiger partial charge in [-0.15, -0.1) is 0 Å². The molecule has 2 rings (SSSR count). The second-order valence-corrected chi connectivity index (χ2v) is 4.34. The van der Waals surface area contributed by atoms with Crippen molar-refractivity contribution in [1.29, 1.82) is 0 Å². The predicted molar refractivity (Wildman–Crippen MR) is 66.6 cm³/mol. The van der Waals surface area contributed by atoms with Crippen LogP contribution in [0, 0.1) is 23.3 Å². The summed E-state index contributed by atoms with van der Waals surface area (Å²) >= 11 is 0. The quantitative estimate of drug-likeness (QED) is 0.851. The van der Waals surface area contributed by atoms with Gasteiger partial charge < -0.3 is 11.5 Å². The summed E-state index contributed by atoms with van der Waals surface area (Å²) in [4.78, 5) is 0. The summed E-state index contributed by atoms with van der Waals surface area (Å²) in [5, 5.41) is 0. The van der Waals surface area contributed by atoms with Crippen molar-refractivity contribution in [1.82, 2.24) is 0 Å². The molecule has 0 spiro atoms. The molecule has 20 heavy (non-hydrogen) atoms.